The zero-order chi connectivity index (χ0) is 21.7. The number of carbonyl (C=O) groups excluding carboxylic acids is 3. The molecular weight excluding hydrogens is 372 g/mol. The second kappa shape index (κ2) is 9.58. The van der Waals surface area contributed by atoms with Gasteiger partial charge in [-0.1, -0.05) is 13.8 Å². The van der Waals surface area contributed by atoms with Gasteiger partial charge in [0.2, 0.25) is 0 Å². The number of amides is 1. The van der Waals surface area contributed by atoms with E-state index in [2.05, 4.69) is 13.8 Å². The van der Waals surface area contributed by atoms with Crippen LogP contribution in [0, 0.1) is 19.8 Å². The zero-order valence-corrected chi connectivity index (χ0v) is 18.1. The van der Waals surface area contributed by atoms with E-state index in [9.17, 15) is 14.4 Å². The molecule has 0 saturated heterocycles. The van der Waals surface area contributed by atoms with Crippen molar-refractivity contribution < 1.29 is 23.5 Å². The standard InChI is InChI=1S/C22H30N2O5/c1-7-24-16(5)19(15(4)20(24)22(27)28-6)17(25)13-23(11-10-14(2)3)21(26)18-9-8-12-29-18/h8-9,12,14H,7,10-11,13H2,1-6H3. The Bertz CT molecular complexity index is 878. The molecule has 0 aromatic carbocycles. The van der Waals surface area contributed by atoms with E-state index in [4.69, 9.17) is 9.15 Å². The number of nitrogens with zero attached hydrogens (tertiary/aromatic N) is 2. The van der Waals surface area contributed by atoms with Gasteiger partial charge >= 0.3 is 5.97 Å². The molecule has 0 aliphatic rings. The number of carbonyl (C=O) groups is 3. The van der Waals surface area contributed by atoms with Gasteiger partial charge in [0, 0.05) is 24.3 Å². The smallest absolute Gasteiger partial charge is 0.354 e. The first-order valence-electron chi connectivity index (χ1n) is 9.86. The van der Waals surface area contributed by atoms with Gasteiger partial charge in [-0.05, 0) is 50.8 Å². The van der Waals surface area contributed by atoms with Gasteiger partial charge in [0.05, 0.1) is 19.9 Å². The number of hydrogen-bond donors (Lipinski definition) is 0. The third kappa shape index (κ3) is 4.78. The molecule has 0 bridgehead atoms. The van der Waals surface area contributed by atoms with E-state index in [0.717, 1.165) is 6.42 Å². The van der Waals surface area contributed by atoms with Crippen LogP contribution in [0.25, 0.3) is 0 Å². The van der Waals surface area contributed by atoms with Gasteiger partial charge in [0.25, 0.3) is 5.91 Å². The monoisotopic (exact) mass is 402 g/mol. The third-order valence-corrected chi connectivity index (χ3v) is 5.07. The summed E-state index contributed by atoms with van der Waals surface area (Å²) < 4.78 is 11.9. The maximum Gasteiger partial charge on any atom is 0.354 e. The van der Waals surface area contributed by atoms with Crippen LogP contribution in [0.2, 0.25) is 0 Å². The van der Waals surface area contributed by atoms with E-state index in [-0.39, 0.29) is 24.0 Å². The third-order valence-electron chi connectivity index (χ3n) is 5.07. The minimum Gasteiger partial charge on any atom is -0.464 e. The Balaban J connectivity index is 2.37. The van der Waals surface area contributed by atoms with Crippen LogP contribution < -0.4 is 0 Å². The highest BCUT2D eigenvalue weighted by Gasteiger charge is 2.29. The van der Waals surface area contributed by atoms with E-state index >= 15 is 0 Å². The number of ketones is 1. The first-order valence-corrected chi connectivity index (χ1v) is 9.86. The Morgan fingerprint density at radius 2 is 1.93 bits per heavy atom. The van der Waals surface area contributed by atoms with E-state index in [1.165, 1.54) is 18.3 Å². The van der Waals surface area contributed by atoms with E-state index in [1.54, 1.807) is 23.6 Å². The van der Waals surface area contributed by atoms with Crippen molar-refractivity contribution in [3.8, 4) is 0 Å². The first kappa shape index (κ1) is 22.5. The van der Waals surface area contributed by atoms with Crippen LogP contribution in [0.3, 0.4) is 0 Å². The van der Waals surface area contributed by atoms with Crippen LogP contribution in [-0.4, -0.2) is 47.3 Å². The molecular formula is C22H30N2O5. The van der Waals surface area contributed by atoms with E-state index < -0.39 is 5.97 Å². The summed E-state index contributed by atoms with van der Waals surface area (Å²) in [6, 6.07) is 3.24. The predicted octanol–water partition coefficient (Wildman–Crippen LogP) is 3.88. The summed E-state index contributed by atoms with van der Waals surface area (Å²) in [5, 5.41) is 0. The second-order valence-electron chi connectivity index (χ2n) is 7.48. The van der Waals surface area contributed by atoms with E-state index in [0.29, 0.717) is 41.5 Å². The maximum absolute atomic E-state index is 13.2. The predicted molar refractivity (Wildman–Crippen MR) is 109 cm³/mol. The number of ether oxygens (including phenoxy) is 1. The molecule has 158 valence electrons. The molecule has 7 heteroatoms. The SMILES string of the molecule is CCn1c(C)c(C(=O)CN(CCC(C)C)C(=O)c2ccco2)c(C)c1C(=O)OC. The molecule has 0 N–H and O–H groups in total. The number of aromatic nitrogens is 1. The van der Waals surface area contributed by atoms with Crippen molar-refractivity contribution in [3.05, 3.63) is 46.7 Å². The molecule has 2 heterocycles. The number of hydrogen-bond acceptors (Lipinski definition) is 5. The van der Waals surface area contributed by atoms with Crippen molar-refractivity contribution >= 4 is 17.7 Å². The van der Waals surface area contributed by atoms with Crippen LogP contribution in [-0.2, 0) is 11.3 Å². The Kier molecular flexibility index (Phi) is 7.42. The molecule has 29 heavy (non-hydrogen) atoms. The lowest BCUT2D eigenvalue weighted by molar-refractivity contribution is 0.0587. The number of esters is 1. The Morgan fingerprint density at radius 1 is 1.24 bits per heavy atom. The molecule has 2 rings (SSSR count). The number of rotatable bonds is 9. The summed E-state index contributed by atoms with van der Waals surface area (Å²) in [6.45, 7) is 10.5. The number of methoxy groups -OCH3 is 1. The van der Waals surface area contributed by atoms with Gasteiger partial charge in [-0.2, -0.15) is 0 Å². The lowest BCUT2D eigenvalue weighted by Gasteiger charge is -2.22. The van der Waals surface area contributed by atoms with Gasteiger partial charge in [-0.25, -0.2) is 4.79 Å². The highest BCUT2D eigenvalue weighted by Crippen LogP contribution is 2.24. The summed E-state index contributed by atoms with van der Waals surface area (Å²) in [4.78, 5) is 39.8. The molecule has 0 saturated carbocycles. The summed E-state index contributed by atoms with van der Waals surface area (Å²) in [5.41, 5.74) is 2.12. The minimum absolute atomic E-state index is 0.0811. The molecule has 0 atom stereocenters. The van der Waals surface area contributed by atoms with Crippen molar-refractivity contribution in [2.45, 2.75) is 47.6 Å². The van der Waals surface area contributed by atoms with Crippen LogP contribution in [0.15, 0.2) is 22.8 Å². The Labute approximate surface area is 171 Å². The number of furan rings is 1. The highest BCUT2D eigenvalue weighted by molar-refractivity contribution is 6.05. The molecule has 0 aliphatic heterocycles. The van der Waals surface area contributed by atoms with Crippen LogP contribution in [0.5, 0.6) is 0 Å². The first-order chi connectivity index (χ1) is 13.7. The highest BCUT2D eigenvalue weighted by atomic mass is 16.5. The number of Topliss-reactive ketones (excluding diaryl/α,β-unsaturated/α-hetero) is 1. The van der Waals surface area contributed by atoms with Gasteiger partial charge in [-0.3, -0.25) is 9.59 Å². The van der Waals surface area contributed by atoms with Crippen molar-refractivity contribution in [3.63, 3.8) is 0 Å². The maximum atomic E-state index is 13.2. The topological polar surface area (TPSA) is 81.8 Å². The van der Waals surface area contributed by atoms with Crippen LogP contribution in [0.1, 0.15) is 69.9 Å². The second-order valence-corrected chi connectivity index (χ2v) is 7.48. The lowest BCUT2D eigenvalue weighted by atomic mass is 10.0. The molecule has 7 nitrogen and oxygen atoms in total. The van der Waals surface area contributed by atoms with Gasteiger partial charge < -0.3 is 18.6 Å². The fourth-order valence-corrected chi connectivity index (χ4v) is 3.54. The molecule has 0 spiro atoms. The quantitative estimate of drug-likeness (QED) is 0.470. The van der Waals surface area contributed by atoms with Gasteiger partial charge in [-0.15, -0.1) is 0 Å². The van der Waals surface area contributed by atoms with Gasteiger partial charge in [0.1, 0.15) is 5.69 Å². The molecule has 0 radical (unpaired) electrons. The van der Waals surface area contributed by atoms with E-state index in [1.807, 2.05) is 13.8 Å². The average molecular weight is 402 g/mol. The normalized spacial score (nSPS) is 11.0. The molecule has 1 amide bonds. The fourth-order valence-electron chi connectivity index (χ4n) is 3.54. The van der Waals surface area contributed by atoms with Crippen LogP contribution in [0.4, 0.5) is 0 Å². The molecule has 0 unspecified atom stereocenters. The Hall–Kier alpha value is -2.83. The minimum atomic E-state index is -0.477. The summed E-state index contributed by atoms with van der Waals surface area (Å²) in [6.07, 6.45) is 2.20. The summed E-state index contributed by atoms with van der Waals surface area (Å²) in [7, 11) is 1.32. The van der Waals surface area contributed by atoms with Crippen molar-refractivity contribution in [2.24, 2.45) is 5.92 Å². The molecule has 0 aliphatic carbocycles. The molecule has 2 aromatic rings. The van der Waals surface area contributed by atoms with Gasteiger partial charge in [0.15, 0.2) is 11.5 Å². The molecule has 2 aromatic heterocycles. The lowest BCUT2D eigenvalue weighted by Crippen LogP contribution is -2.37. The largest absolute Gasteiger partial charge is 0.464 e. The van der Waals surface area contributed by atoms with Crippen molar-refractivity contribution in [2.75, 3.05) is 20.2 Å². The van der Waals surface area contributed by atoms with Crippen molar-refractivity contribution in [1.29, 1.82) is 0 Å². The molecule has 0 fully saturated rings. The van der Waals surface area contributed by atoms with Crippen LogP contribution >= 0.6 is 0 Å². The summed E-state index contributed by atoms with van der Waals surface area (Å²) in [5.74, 6) is -0.415. The van der Waals surface area contributed by atoms with Crippen molar-refractivity contribution in [1.82, 2.24) is 9.47 Å². The fraction of sp³-hybridized carbons (Fsp3) is 0.500. The Morgan fingerprint density at radius 3 is 2.45 bits per heavy atom. The average Bonchev–Trinajstić information content (AvgIpc) is 3.30. The zero-order valence-electron chi connectivity index (χ0n) is 18.1. The summed E-state index contributed by atoms with van der Waals surface area (Å²) >= 11 is 0.